The third-order valence-electron chi connectivity index (χ3n) is 5.46. The Balaban J connectivity index is 1.83. The van der Waals surface area contributed by atoms with E-state index in [1.165, 1.54) is 24.3 Å². The molecule has 0 atom stereocenters. The summed E-state index contributed by atoms with van der Waals surface area (Å²) in [5, 5.41) is 1.88. The van der Waals surface area contributed by atoms with Gasteiger partial charge in [0.15, 0.2) is 0 Å². The lowest BCUT2D eigenvalue weighted by atomic mass is 9.96. The van der Waals surface area contributed by atoms with Crippen molar-refractivity contribution in [2.45, 2.75) is 61.8 Å². The first-order valence-electron chi connectivity index (χ1n) is 10.6. The highest BCUT2D eigenvalue weighted by Crippen LogP contribution is 2.28. The third kappa shape index (κ3) is 5.91. The lowest BCUT2D eigenvalue weighted by Crippen LogP contribution is -2.53. The highest BCUT2D eigenvalue weighted by molar-refractivity contribution is 7.90. The first-order chi connectivity index (χ1) is 15.5. The number of imide groups is 1. The number of urea groups is 2. The average Bonchev–Trinajstić information content (AvgIpc) is 2.74. The summed E-state index contributed by atoms with van der Waals surface area (Å²) >= 11 is 0. The van der Waals surface area contributed by atoms with Crippen LogP contribution in [0.4, 0.5) is 9.59 Å². The van der Waals surface area contributed by atoms with Crippen LogP contribution in [0.5, 0.6) is 0 Å². The van der Waals surface area contributed by atoms with Gasteiger partial charge >= 0.3 is 12.1 Å². The molecule has 0 unspecified atom stereocenters. The molecule has 9 nitrogen and oxygen atoms in total. The SMILES string of the molecule is Cc1ccc(S(=O)(=O)NC(=O)NC(=O)N(C2CCCCC2)S(=O)(=O)c2ccc(C)cc2)cc1. The highest BCUT2D eigenvalue weighted by atomic mass is 32.2. The molecule has 2 aromatic carbocycles. The minimum absolute atomic E-state index is 0.0819. The number of benzene rings is 2. The van der Waals surface area contributed by atoms with Crippen molar-refractivity contribution in [3.05, 3.63) is 59.7 Å². The molecule has 0 spiro atoms. The van der Waals surface area contributed by atoms with Crippen molar-refractivity contribution in [1.29, 1.82) is 0 Å². The number of carbonyl (C=O) groups is 2. The Labute approximate surface area is 194 Å². The Bertz CT molecular complexity index is 1220. The second-order valence-corrected chi connectivity index (χ2v) is 11.6. The van der Waals surface area contributed by atoms with Gasteiger partial charge in [0.25, 0.3) is 20.0 Å². The number of carbonyl (C=O) groups excluding carboxylic acids is 2. The minimum atomic E-state index is -4.27. The topological polar surface area (TPSA) is 130 Å². The predicted molar refractivity (Wildman–Crippen MR) is 123 cm³/mol. The molecule has 0 saturated heterocycles. The van der Waals surface area contributed by atoms with Gasteiger partial charge in [-0.3, -0.25) is 5.32 Å². The fourth-order valence-corrected chi connectivity index (χ4v) is 6.17. The molecule has 2 aromatic rings. The zero-order valence-corrected chi connectivity index (χ0v) is 20.1. The summed E-state index contributed by atoms with van der Waals surface area (Å²) in [6.45, 7) is 3.59. The van der Waals surface area contributed by atoms with E-state index >= 15 is 0 Å². The van der Waals surface area contributed by atoms with Crippen LogP contribution in [0.3, 0.4) is 0 Å². The Hall–Kier alpha value is -2.92. The molecular formula is C22H27N3O6S2. The van der Waals surface area contributed by atoms with Crippen molar-refractivity contribution in [3.8, 4) is 0 Å². The molecule has 3 rings (SSSR count). The van der Waals surface area contributed by atoms with E-state index < -0.39 is 38.2 Å². The fraction of sp³-hybridized carbons (Fsp3) is 0.364. The monoisotopic (exact) mass is 493 g/mol. The fourth-order valence-electron chi connectivity index (χ4n) is 3.69. The zero-order chi connectivity index (χ0) is 24.2. The van der Waals surface area contributed by atoms with Crippen LogP contribution in [0, 0.1) is 13.8 Å². The number of hydrogen-bond donors (Lipinski definition) is 2. The van der Waals surface area contributed by atoms with Gasteiger partial charge in [0.05, 0.1) is 15.8 Å². The predicted octanol–water partition coefficient (Wildman–Crippen LogP) is 3.43. The number of nitrogens with one attached hydrogen (secondary N) is 2. The van der Waals surface area contributed by atoms with Gasteiger partial charge in [0, 0.05) is 0 Å². The maximum atomic E-state index is 13.3. The Kier molecular flexibility index (Phi) is 7.43. The van der Waals surface area contributed by atoms with Crippen molar-refractivity contribution < 1.29 is 26.4 Å². The molecule has 33 heavy (non-hydrogen) atoms. The number of aryl methyl sites for hydroxylation is 2. The number of sulfonamides is 2. The maximum Gasteiger partial charge on any atom is 0.339 e. The van der Waals surface area contributed by atoms with Crippen LogP contribution in [-0.4, -0.2) is 39.2 Å². The van der Waals surface area contributed by atoms with E-state index in [9.17, 15) is 26.4 Å². The van der Waals surface area contributed by atoms with Crippen molar-refractivity contribution in [2.24, 2.45) is 0 Å². The van der Waals surface area contributed by atoms with Gasteiger partial charge in [-0.2, -0.15) is 0 Å². The summed E-state index contributed by atoms with van der Waals surface area (Å²) in [6, 6.07) is 8.64. The van der Waals surface area contributed by atoms with Crippen LogP contribution in [0.2, 0.25) is 0 Å². The van der Waals surface area contributed by atoms with Gasteiger partial charge in [-0.25, -0.2) is 35.5 Å². The Morgan fingerprint density at radius 1 is 0.788 bits per heavy atom. The quantitative estimate of drug-likeness (QED) is 0.656. The van der Waals surface area contributed by atoms with E-state index in [4.69, 9.17) is 0 Å². The highest BCUT2D eigenvalue weighted by Gasteiger charge is 2.37. The summed E-state index contributed by atoms with van der Waals surface area (Å²) in [6.07, 6.45) is 3.33. The molecule has 0 aromatic heterocycles. The Morgan fingerprint density at radius 2 is 1.27 bits per heavy atom. The maximum absolute atomic E-state index is 13.3. The molecule has 2 N–H and O–H groups in total. The average molecular weight is 494 g/mol. The van der Waals surface area contributed by atoms with E-state index in [1.54, 1.807) is 42.8 Å². The van der Waals surface area contributed by atoms with Crippen LogP contribution >= 0.6 is 0 Å². The number of nitrogens with zero attached hydrogens (tertiary/aromatic N) is 1. The van der Waals surface area contributed by atoms with E-state index in [1.807, 2.05) is 5.32 Å². The third-order valence-corrected chi connectivity index (χ3v) is 8.66. The van der Waals surface area contributed by atoms with Gasteiger partial charge in [-0.15, -0.1) is 0 Å². The van der Waals surface area contributed by atoms with Gasteiger partial charge in [0.1, 0.15) is 0 Å². The second kappa shape index (κ2) is 9.92. The molecule has 0 radical (unpaired) electrons. The van der Waals surface area contributed by atoms with Crippen LogP contribution in [-0.2, 0) is 20.0 Å². The molecule has 1 fully saturated rings. The van der Waals surface area contributed by atoms with Crippen molar-refractivity contribution in [1.82, 2.24) is 14.3 Å². The van der Waals surface area contributed by atoms with Gasteiger partial charge in [-0.05, 0) is 51.0 Å². The second-order valence-electron chi connectivity index (χ2n) is 8.08. The molecule has 4 amide bonds. The molecule has 0 bridgehead atoms. The minimum Gasteiger partial charge on any atom is -0.258 e. The van der Waals surface area contributed by atoms with Crippen LogP contribution in [0.1, 0.15) is 43.2 Å². The lowest BCUT2D eigenvalue weighted by molar-refractivity contribution is 0.198. The number of amides is 4. The molecule has 178 valence electrons. The molecule has 1 aliphatic rings. The molecule has 1 saturated carbocycles. The van der Waals surface area contributed by atoms with E-state index in [2.05, 4.69) is 0 Å². The summed E-state index contributed by atoms with van der Waals surface area (Å²) in [5.41, 5.74) is 1.68. The van der Waals surface area contributed by atoms with Gasteiger partial charge < -0.3 is 0 Å². The van der Waals surface area contributed by atoms with Crippen molar-refractivity contribution >= 4 is 32.1 Å². The van der Waals surface area contributed by atoms with Crippen LogP contribution in [0.25, 0.3) is 0 Å². The first kappa shape index (κ1) is 24.7. The summed E-state index contributed by atoms with van der Waals surface area (Å²) in [7, 11) is -8.52. The molecular weight excluding hydrogens is 466 g/mol. The van der Waals surface area contributed by atoms with Gasteiger partial charge in [-0.1, -0.05) is 54.7 Å². The van der Waals surface area contributed by atoms with Gasteiger partial charge in [0.2, 0.25) is 0 Å². The summed E-state index contributed by atoms with van der Waals surface area (Å²) in [5.74, 6) is 0. The summed E-state index contributed by atoms with van der Waals surface area (Å²) in [4.78, 5) is 25.1. The molecule has 0 aliphatic heterocycles. The lowest BCUT2D eigenvalue weighted by Gasteiger charge is -2.33. The summed E-state index contributed by atoms with van der Waals surface area (Å²) < 4.78 is 54.0. The largest absolute Gasteiger partial charge is 0.339 e. The van der Waals surface area contributed by atoms with Crippen LogP contribution in [0.15, 0.2) is 58.3 Å². The first-order valence-corrected chi connectivity index (χ1v) is 13.5. The number of hydrogen-bond acceptors (Lipinski definition) is 6. The molecule has 1 aliphatic carbocycles. The van der Waals surface area contributed by atoms with Crippen molar-refractivity contribution in [2.75, 3.05) is 0 Å². The molecule has 0 heterocycles. The molecule has 11 heteroatoms. The van der Waals surface area contributed by atoms with E-state index in [-0.39, 0.29) is 9.79 Å². The smallest absolute Gasteiger partial charge is 0.258 e. The van der Waals surface area contributed by atoms with Crippen molar-refractivity contribution in [3.63, 3.8) is 0 Å². The van der Waals surface area contributed by atoms with E-state index in [0.29, 0.717) is 17.1 Å². The number of rotatable bonds is 5. The Morgan fingerprint density at radius 3 is 1.79 bits per heavy atom. The van der Waals surface area contributed by atoms with E-state index in [0.717, 1.165) is 30.4 Å². The zero-order valence-electron chi connectivity index (χ0n) is 18.4. The normalized spacial score (nSPS) is 15.0. The van der Waals surface area contributed by atoms with Crippen LogP contribution < -0.4 is 10.0 Å². The standard InChI is InChI=1S/C22H27N3O6S2/c1-16-8-12-19(13-9-16)32(28,29)24-21(26)23-22(27)25(18-6-4-3-5-7-18)33(30,31)20-14-10-17(2)11-15-20/h8-15,18H,3-7H2,1-2H3,(H2,23,24,26,27).